The van der Waals surface area contributed by atoms with E-state index < -0.39 is 5.66 Å². The third kappa shape index (κ3) is 2.30. The predicted molar refractivity (Wildman–Crippen MR) is 64.9 cm³/mol. The molecule has 6 heteroatoms. The summed E-state index contributed by atoms with van der Waals surface area (Å²) >= 11 is 0. The molecule has 0 radical (unpaired) electrons. The number of hydrogen-bond acceptors (Lipinski definition) is 6. The minimum absolute atomic E-state index is 0.319. The van der Waals surface area contributed by atoms with Crippen LogP contribution in [0.1, 0.15) is 6.92 Å². The van der Waals surface area contributed by atoms with Crippen molar-refractivity contribution in [1.29, 1.82) is 5.26 Å². The number of methoxy groups -OCH3 is 1. The number of ether oxygens (including phenoxy) is 2. The molecule has 0 amide bonds. The normalized spacial score (nSPS) is 21.3. The van der Waals surface area contributed by atoms with E-state index in [1.165, 1.54) is 0 Å². The summed E-state index contributed by atoms with van der Waals surface area (Å²) in [6, 6.07) is 9.05. The maximum absolute atomic E-state index is 9.01. The van der Waals surface area contributed by atoms with Gasteiger partial charge < -0.3 is 9.47 Å². The van der Waals surface area contributed by atoms with E-state index in [2.05, 4.69) is 15.2 Å². The Morgan fingerprint density at radius 3 is 3.00 bits per heavy atom. The minimum Gasteiger partial charge on any atom is -0.497 e. The van der Waals surface area contributed by atoms with Crippen LogP contribution < -0.4 is 4.74 Å². The Balaban J connectivity index is 2.09. The molecule has 1 aliphatic rings. The third-order valence-electron chi connectivity index (χ3n) is 2.31. The quantitative estimate of drug-likeness (QED) is 0.763. The van der Waals surface area contributed by atoms with Crippen LogP contribution in [-0.2, 0) is 4.74 Å². The zero-order chi connectivity index (χ0) is 13.0. The topological polar surface area (TPSA) is 79.3 Å². The van der Waals surface area contributed by atoms with Crippen molar-refractivity contribution in [2.24, 2.45) is 15.2 Å². The monoisotopic (exact) mass is 244 g/mol. The molecule has 0 bridgehead atoms. The first kappa shape index (κ1) is 12.0. The summed E-state index contributed by atoms with van der Waals surface area (Å²) in [4.78, 5) is 3.89. The highest BCUT2D eigenvalue weighted by molar-refractivity contribution is 6.01. The van der Waals surface area contributed by atoms with Gasteiger partial charge in [0.2, 0.25) is 0 Å². The zero-order valence-corrected chi connectivity index (χ0v) is 10.1. The number of rotatable bonds is 4. The molecule has 1 heterocycles. The molecule has 0 spiro atoms. The highest BCUT2D eigenvalue weighted by atomic mass is 16.5. The second-order valence-corrected chi connectivity index (χ2v) is 3.54. The van der Waals surface area contributed by atoms with Crippen molar-refractivity contribution in [2.45, 2.75) is 12.6 Å². The van der Waals surface area contributed by atoms with Crippen LogP contribution in [-0.4, -0.2) is 25.3 Å². The van der Waals surface area contributed by atoms with Gasteiger partial charge in [-0.2, -0.15) is 15.4 Å². The van der Waals surface area contributed by atoms with Gasteiger partial charge in [-0.05, 0) is 19.1 Å². The second kappa shape index (κ2) is 4.84. The highest BCUT2D eigenvalue weighted by Gasteiger charge is 2.52. The van der Waals surface area contributed by atoms with E-state index in [1.807, 2.05) is 13.0 Å². The standard InChI is InChI=1S/C12H12N4O2/c1-3-18-11-12(8-13,14-11)16-15-9-5-4-6-10(7-9)17-2/h4-7H,3H2,1-2H3. The SMILES string of the molecule is CCOC1=NC1(C#N)N=Nc1cccc(OC)c1. The summed E-state index contributed by atoms with van der Waals surface area (Å²) in [6.45, 7) is 2.28. The Kier molecular flexibility index (Phi) is 3.24. The molecule has 2 rings (SSSR count). The first-order valence-electron chi connectivity index (χ1n) is 5.45. The van der Waals surface area contributed by atoms with E-state index in [4.69, 9.17) is 14.7 Å². The zero-order valence-electron chi connectivity index (χ0n) is 10.1. The molecule has 1 unspecified atom stereocenters. The van der Waals surface area contributed by atoms with Crippen LogP contribution in [0.15, 0.2) is 39.5 Å². The van der Waals surface area contributed by atoms with Gasteiger partial charge in [0.25, 0.3) is 5.90 Å². The van der Waals surface area contributed by atoms with Gasteiger partial charge in [0, 0.05) is 6.07 Å². The first-order valence-corrected chi connectivity index (χ1v) is 5.45. The molecule has 1 atom stereocenters. The number of hydrogen-bond donors (Lipinski definition) is 0. The van der Waals surface area contributed by atoms with E-state index in [1.54, 1.807) is 31.4 Å². The fourth-order valence-electron chi connectivity index (χ4n) is 1.35. The molecule has 1 aliphatic heterocycles. The number of nitriles is 1. The molecule has 18 heavy (non-hydrogen) atoms. The lowest BCUT2D eigenvalue weighted by atomic mass is 10.3. The fraction of sp³-hybridized carbons (Fsp3) is 0.333. The largest absolute Gasteiger partial charge is 0.497 e. The summed E-state index contributed by atoms with van der Waals surface area (Å²) in [5.74, 6) is 0.998. The van der Waals surface area contributed by atoms with Gasteiger partial charge in [0.15, 0.2) is 0 Å². The van der Waals surface area contributed by atoms with Crippen LogP contribution in [0.3, 0.4) is 0 Å². The predicted octanol–water partition coefficient (Wildman–Crippen LogP) is 2.45. The molecule has 0 fully saturated rings. The molecule has 1 aromatic carbocycles. The average molecular weight is 244 g/mol. The molecular formula is C12H12N4O2. The lowest BCUT2D eigenvalue weighted by Gasteiger charge is -2.00. The van der Waals surface area contributed by atoms with E-state index in [0.29, 0.717) is 23.9 Å². The van der Waals surface area contributed by atoms with Crippen molar-refractivity contribution >= 4 is 11.6 Å². The maximum atomic E-state index is 9.01. The first-order chi connectivity index (χ1) is 8.74. The molecule has 92 valence electrons. The Hall–Kier alpha value is -2.42. The van der Waals surface area contributed by atoms with Gasteiger partial charge >= 0.3 is 5.66 Å². The van der Waals surface area contributed by atoms with E-state index >= 15 is 0 Å². The van der Waals surface area contributed by atoms with Crippen LogP contribution in [0.2, 0.25) is 0 Å². The number of azo groups is 1. The van der Waals surface area contributed by atoms with Gasteiger partial charge in [0.1, 0.15) is 11.8 Å². The van der Waals surface area contributed by atoms with Gasteiger partial charge in [-0.1, -0.05) is 6.07 Å². The van der Waals surface area contributed by atoms with Crippen LogP contribution in [0.25, 0.3) is 0 Å². The van der Waals surface area contributed by atoms with Crippen LogP contribution in [0.4, 0.5) is 5.69 Å². The van der Waals surface area contributed by atoms with Crippen molar-refractivity contribution in [3.8, 4) is 11.8 Å². The molecule has 0 saturated carbocycles. The lowest BCUT2D eigenvalue weighted by molar-refractivity contribution is 0.329. The average Bonchev–Trinajstić information content (AvgIpc) is 3.11. The van der Waals surface area contributed by atoms with E-state index in [9.17, 15) is 0 Å². The van der Waals surface area contributed by atoms with Crippen LogP contribution >= 0.6 is 0 Å². The maximum Gasteiger partial charge on any atom is 0.334 e. The van der Waals surface area contributed by atoms with Crippen molar-refractivity contribution < 1.29 is 9.47 Å². The molecule has 0 N–H and O–H groups in total. The summed E-state index contributed by atoms with van der Waals surface area (Å²) in [7, 11) is 1.57. The van der Waals surface area contributed by atoms with E-state index in [0.717, 1.165) is 0 Å². The Bertz CT molecular complexity index is 547. The fourth-order valence-corrected chi connectivity index (χ4v) is 1.35. The molecule has 0 aromatic heterocycles. The van der Waals surface area contributed by atoms with Gasteiger partial charge in [0.05, 0.1) is 19.4 Å². The molecule has 1 aromatic rings. The number of aliphatic imine (C=N–C) groups is 1. The molecule has 0 saturated heterocycles. The molecule has 0 aliphatic carbocycles. The molecule has 6 nitrogen and oxygen atoms in total. The van der Waals surface area contributed by atoms with Gasteiger partial charge in [-0.3, -0.25) is 0 Å². The summed E-state index contributed by atoms with van der Waals surface area (Å²) in [5.41, 5.74) is -0.652. The van der Waals surface area contributed by atoms with E-state index in [-0.39, 0.29) is 0 Å². The smallest absolute Gasteiger partial charge is 0.334 e. The number of benzene rings is 1. The van der Waals surface area contributed by atoms with Crippen molar-refractivity contribution in [1.82, 2.24) is 0 Å². The van der Waals surface area contributed by atoms with Crippen LogP contribution in [0.5, 0.6) is 5.75 Å². The Labute approximate surface area is 105 Å². The van der Waals surface area contributed by atoms with Crippen LogP contribution in [0, 0.1) is 11.3 Å². The Morgan fingerprint density at radius 2 is 2.33 bits per heavy atom. The third-order valence-corrected chi connectivity index (χ3v) is 2.31. The van der Waals surface area contributed by atoms with Crippen molar-refractivity contribution in [3.63, 3.8) is 0 Å². The van der Waals surface area contributed by atoms with Crippen molar-refractivity contribution in [2.75, 3.05) is 13.7 Å². The lowest BCUT2D eigenvalue weighted by Crippen LogP contribution is -2.14. The molecular weight excluding hydrogens is 232 g/mol. The number of nitrogens with zero attached hydrogens (tertiary/aromatic N) is 4. The summed E-state index contributed by atoms with van der Waals surface area (Å²) < 4.78 is 10.2. The minimum atomic E-state index is -1.25. The highest BCUT2D eigenvalue weighted by Crippen LogP contribution is 2.32. The summed E-state index contributed by atoms with van der Waals surface area (Å²) in [5, 5.41) is 16.9. The van der Waals surface area contributed by atoms with Gasteiger partial charge in [-0.15, -0.1) is 5.11 Å². The Morgan fingerprint density at radius 1 is 1.50 bits per heavy atom. The summed E-state index contributed by atoms with van der Waals surface area (Å²) in [6.07, 6.45) is 0. The van der Waals surface area contributed by atoms with Gasteiger partial charge in [-0.25, -0.2) is 0 Å². The van der Waals surface area contributed by atoms with Crippen molar-refractivity contribution in [3.05, 3.63) is 24.3 Å². The second-order valence-electron chi connectivity index (χ2n) is 3.54.